The average molecular weight is 149 g/mol. The second-order valence-electron chi connectivity index (χ2n) is 2.43. The molecule has 54 valence electrons. The summed E-state index contributed by atoms with van der Waals surface area (Å²) in [5.41, 5.74) is 5.52. The normalized spacial score (nSPS) is 52.0. The van der Waals surface area contributed by atoms with Gasteiger partial charge < -0.3 is 15.6 Å². The van der Waals surface area contributed by atoms with Crippen molar-refractivity contribution in [3.05, 3.63) is 0 Å². The molecule has 0 aliphatic carbocycles. The van der Waals surface area contributed by atoms with Crippen molar-refractivity contribution >= 4 is 9.24 Å². The third-order valence-corrected chi connectivity index (χ3v) is 2.52. The molecule has 9 heavy (non-hydrogen) atoms. The zero-order valence-corrected chi connectivity index (χ0v) is 6.47. The van der Waals surface area contributed by atoms with Gasteiger partial charge in [0.15, 0.2) is 6.29 Å². The molecule has 1 fully saturated rings. The molecule has 3 N–H and O–H groups in total. The lowest BCUT2D eigenvalue weighted by Crippen LogP contribution is -2.34. The molecule has 0 radical (unpaired) electrons. The summed E-state index contributed by atoms with van der Waals surface area (Å²) in [5.74, 6) is 0.236. The Morgan fingerprint density at radius 3 is 2.33 bits per heavy atom. The minimum Gasteiger partial charge on any atom is -0.367 e. The minimum absolute atomic E-state index is 0.00926. The molecule has 0 saturated carbocycles. The van der Waals surface area contributed by atoms with Gasteiger partial charge in [0.2, 0.25) is 0 Å². The zero-order valence-electron chi connectivity index (χ0n) is 5.32. The summed E-state index contributed by atoms with van der Waals surface area (Å²) in [7, 11) is 2.50. The van der Waals surface area contributed by atoms with Crippen LogP contribution in [-0.2, 0) is 4.74 Å². The monoisotopic (exact) mass is 149 g/mol. The molecule has 0 aromatic carbocycles. The number of nitrogens with two attached hydrogens (primary N) is 1. The van der Waals surface area contributed by atoms with Crippen molar-refractivity contribution in [2.24, 2.45) is 11.7 Å². The maximum absolute atomic E-state index is 8.98. The van der Waals surface area contributed by atoms with Crippen molar-refractivity contribution < 1.29 is 9.84 Å². The average Bonchev–Trinajstić information content (AvgIpc) is 1.98. The van der Waals surface area contributed by atoms with E-state index in [0.717, 1.165) is 0 Å². The molecule has 3 nitrogen and oxygen atoms in total. The first kappa shape index (κ1) is 7.42. The Hall–Kier alpha value is 0.310. The summed E-state index contributed by atoms with van der Waals surface area (Å²) in [4.78, 5) is 0. The van der Waals surface area contributed by atoms with E-state index in [4.69, 9.17) is 15.6 Å². The summed E-state index contributed by atoms with van der Waals surface area (Å²) >= 11 is 0. The lowest BCUT2D eigenvalue weighted by molar-refractivity contribution is -0.0751. The fourth-order valence-corrected chi connectivity index (χ4v) is 1.27. The van der Waals surface area contributed by atoms with E-state index >= 15 is 0 Å². The van der Waals surface area contributed by atoms with Crippen LogP contribution in [0.15, 0.2) is 0 Å². The highest BCUT2D eigenvalue weighted by molar-refractivity contribution is 7.17. The first-order valence-corrected chi connectivity index (χ1v) is 3.64. The second kappa shape index (κ2) is 2.51. The molecule has 1 unspecified atom stereocenters. The Kier molecular flexibility index (Phi) is 2.07. The van der Waals surface area contributed by atoms with Gasteiger partial charge in [-0.05, 0) is 0 Å². The molecule has 5 atom stereocenters. The summed E-state index contributed by atoms with van der Waals surface area (Å²) in [6.45, 7) is 1.96. The summed E-state index contributed by atoms with van der Waals surface area (Å²) < 4.78 is 4.98. The summed E-state index contributed by atoms with van der Waals surface area (Å²) in [5, 5.41) is 8.98. The first-order chi connectivity index (χ1) is 4.13. The van der Waals surface area contributed by atoms with E-state index in [2.05, 4.69) is 9.24 Å². The third-order valence-electron chi connectivity index (χ3n) is 1.75. The van der Waals surface area contributed by atoms with Crippen LogP contribution in [0.4, 0.5) is 0 Å². The first-order valence-electron chi connectivity index (χ1n) is 2.97. The van der Waals surface area contributed by atoms with Crippen molar-refractivity contribution in [1.82, 2.24) is 0 Å². The topological polar surface area (TPSA) is 55.5 Å². The van der Waals surface area contributed by atoms with Gasteiger partial charge in [-0.3, -0.25) is 0 Å². The van der Waals surface area contributed by atoms with E-state index in [0.29, 0.717) is 0 Å². The molecule has 0 bridgehead atoms. The molecular weight excluding hydrogens is 137 g/mol. The van der Waals surface area contributed by atoms with Crippen LogP contribution in [0, 0.1) is 5.92 Å². The van der Waals surface area contributed by atoms with Crippen LogP contribution in [0.5, 0.6) is 0 Å². The van der Waals surface area contributed by atoms with E-state index < -0.39 is 6.29 Å². The molecule has 0 amide bonds. The quantitative estimate of drug-likeness (QED) is 0.456. The highest BCUT2D eigenvalue weighted by Gasteiger charge is 2.35. The molecule has 1 heterocycles. The van der Waals surface area contributed by atoms with Crippen LogP contribution in [0.25, 0.3) is 0 Å². The van der Waals surface area contributed by atoms with Crippen LogP contribution >= 0.6 is 9.24 Å². The second-order valence-corrected chi connectivity index (χ2v) is 3.08. The van der Waals surface area contributed by atoms with Gasteiger partial charge in [-0.15, -0.1) is 9.24 Å². The highest BCUT2D eigenvalue weighted by atomic mass is 31.0. The van der Waals surface area contributed by atoms with E-state index in [1.807, 2.05) is 6.92 Å². The van der Waals surface area contributed by atoms with Gasteiger partial charge in [-0.1, -0.05) is 6.92 Å². The minimum atomic E-state index is -0.775. The Labute approximate surface area is 56.8 Å². The van der Waals surface area contributed by atoms with Crippen LogP contribution in [0.3, 0.4) is 0 Å². The van der Waals surface area contributed by atoms with E-state index in [9.17, 15) is 0 Å². The maximum atomic E-state index is 8.98. The maximum Gasteiger partial charge on any atom is 0.170 e. The van der Waals surface area contributed by atoms with Gasteiger partial charge in [-0.2, -0.15) is 0 Å². The Morgan fingerprint density at radius 1 is 1.67 bits per heavy atom. The lowest BCUT2D eigenvalue weighted by atomic mass is 10.1. The van der Waals surface area contributed by atoms with Crippen LogP contribution < -0.4 is 5.73 Å². The molecule has 0 aromatic heterocycles. The van der Waals surface area contributed by atoms with Crippen molar-refractivity contribution in [2.45, 2.75) is 25.1 Å². The van der Waals surface area contributed by atoms with E-state index in [1.54, 1.807) is 0 Å². The Balaban J connectivity index is 2.54. The van der Waals surface area contributed by atoms with Gasteiger partial charge in [0.05, 0.1) is 11.9 Å². The highest BCUT2D eigenvalue weighted by Crippen LogP contribution is 2.27. The summed E-state index contributed by atoms with van der Waals surface area (Å²) in [6, 6.07) is -0.229. The van der Waals surface area contributed by atoms with Gasteiger partial charge in [0, 0.05) is 5.92 Å². The number of aliphatic hydroxyl groups excluding tert-OH is 1. The molecule has 1 aliphatic heterocycles. The van der Waals surface area contributed by atoms with Gasteiger partial charge in [0.25, 0.3) is 0 Å². The molecule has 4 heteroatoms. The fourth-order valence-electron chi connectivity index (χ4n) is 0.854. The van der Waals surface area contributed by atoms with Gasteiger partial charge in [-0.25, -0.2) is 0 Å². The van der Waals surface area contributed by atoms with Crippen LogP contribution in [0.2, 0.25) is 0 Å². The third kappa shape index (κ3) is 1.24. The number of ether oxygens (including phenoxy) is 1. The van der Waals surface area contributed by atoms with Crippen molar-refractivity contribution in [3.63, 3.8) is 0 Å². The molecule has 1 saturated heterocycles. The molecule has 0 spiro atoms. The zero-order chi connectivity index (χ0) is 7.02. The van der Waals surface area contributed by atoms with Gasteiger partial charge in [0.1, 0.15) is 0 Å². The molecule has 1 aliphatic rings. The largest absolute Gasteiger partial charge is 0.367 e. The standard InChI is InChI=1S/C5H12NO2P/c1-2-3(6)4(7)8-5(2)9/h2-5,7H,6,9H2,1H3/t2-,3+,4+,5+/m0/s1. The van der Waals surface area contributed by atoms with Crippen molar-refractivity contribution in [1.29, 1.82) is 0 Å². The number of hydrogen-bond donors (Lipinski definition) is 2. The number of aliphatic hydroxyl groups is 1. The Morgan fingerprint density at radius 2 is 2.22 bits per heavy atom. The summed E-state index contributed by atoms with van der Waals surface area (Å²) in [6.07, 6.45) is -0.775. The van der Waals surface area contributed by atoms with Gasteiger partial charge >= 0.3 is 0 Å². The van der Waals surface area contributed by atoms with E-state index in [-0.39, 0.29) is 17.8 Å². The van der Waals surface area contributed by atoms with Crippen LogP contribution in [0.1, 0.15) is 6.92 Å². The SMILES string of the molecule is C[C@H]1[C@@H](N)[C@H](O)O[C@@H]1P. The predicted molar refractivity (Wildman–Crippen MR) is 37.7 cm³/mol. The smallest absolute Gasteiger partial charge is 0.170 e. The Bertz CT molecular complexity index is 99.1. The van der Waals surface area contributed by atoms with Crippen molar-refractivity contribution in [3.8, 4) is 0 Å². The molecular formula is C5H12NO2P. The lowest BCUT2D eigenvalue weighted by Gasteiger charge is -2.09. The number of hydrogen-bond acceptors (Lipinski definition) is 3. The number of rotatable bonds is 0. The molecule has 0 aromatic rings. The van der Waals surface area contributed by atoms with E-state index in [1.165, 1.54) is 0 Å². The van der Waals surface area contributed by atoms with Crippen LogP contribution in [-0.4, -0.2) is 23.3 Å². The van der Waals surface area contributed by atoms with Crippen molar-refractivity contribution in [2.75, 3.05) is 0 Å². The predicted octanol–water partition coefficient (Wildman–Crippen LogP) is -0.500. The fraction of sp³-hybridized carbons (Fsp3) is 1.00. The molecule has 1 rings (SSSR count).